The Hall–Kier alpha value is -4.33. The third-order valence-corrected chi connectivity index (χ3v) is 10.3. The third-order valence-electron chi connectivity index (χ3n) is 8.38. The zero-order chi connectivity index (χ0) is 36.8. The van der Waals surface area contributed by atoms with Gasteiger partial charge in [-0.15, -0.1) is 22.7 Å². The van der Waals surface area contributed by atoms with Crippen molar-refractivity contribution < 1.29 is 24.2 Å². The predicted octanol–water partition coefficient (Wildman–Crippen LogP) is 6.09. The third kappa shape index (κ3) is 13.1. The van der Waals surface area contributed by atoms with Crippen molar-refractivity contribution in [2.24, 2.45) is 0 Å². The number of ether oxygens (including phenoxy) is 1. The van der Waals surface area contributed by atoms with E-state index in [9.17, 15) is 19.5 Å². The fourth-order valence-corrected chi connectivity index (χ4v) is 6.91. The van der Waals surface area contributed by atoms with Crippen LogP contribution in [0.25, 0.3) is 0 Å². The van der Waals surface area contributed by atoms with Crippen LogP contribution in [0.1, 0.15) is 73.7 Å². The molecule has 0 aliphatic rings. The molecule has 4 amide bonds. The number of nitrogens with zero attached hydrogens (tertiary/aromatic N) is 3. The summed E-state index contributed by atoms with van der Waals surface area (Å²) in [6, 6.07) is 16.7. The van der Waals surface area contributed by atoms with Gasteiger partial charge in [-0.05, 0) is 51.2 Å². The summed E-state index contributed by atoms with van der Waals surface area (Å²) in [5.74, 6) is -0.0285. The van der Waals surface area contributed by atoms with Crippen LogP contribution in [0, 0.1) is 0 Å². The summed E-state index contributed by atoms with van der Waals surface area (Å²) in [7, 11) is 0. The fourth-order valence-electron chi connectivity index (χ4n) is 5.53. The molecule has 0 aliphatic heterocycles. The number of aromatic nitrogens is 2. The highest BCUT2D eigenvalue weighted by Gasteiger charge is 2.29. The Morgan fingerprint density at radius 3 is 2.14 bits per heavy atom. The molecule has 0 radical (unpaired) electrons. The van der Waals surface area contributed by atoms with Crippen LogP contribution in [-0.4, -0.2) is 74.8 Å². The Kier molecular flexibility index (Phi) is 15.4. The summed E-state index contributed by atoms with van der Waals surface area (Å²) >= 11 is 3.01. The molecular formula is C38H50N6O5S2. The van der Waals surface area contributed by atoms with Gasteiger partial charge in [-0.25, -0.2) is 14.6 Å². The molecule has 0 bridgehead atoms. The van der Waals surface area contributed by atoms with Crippen molar-refractivity contribution >= 4 is 40.7 Å². The second-order valence-electron chi connectivity index (χ2n) is 13.2. The Morgan fingerprint density at radius 2 is 1.55 bits per heavy atom. The maximum atomic E-state index is 13.6. The number of carbonyl (C=O) groups is 3. The average Bonchev–Trinajstić information content (AvgIpc) is 3.81. The van der Waals surface area contributed by atoms with Gasteiger partial charge in [-0.3, -0.25) is 9.78 Å². The summed E-state index contributed by atoms with van der Waals surface area (Å²) in [4.78, 5) is 51.1. The highest BCUT2D eigenvalue weighted by Crippen LogP contribution is 2.20. The smallest absolute Gasteiger partial charge is 0.407 e. The number of aliphatic hydroxyl groups is 1. The molecule has 0 saturated carbocycles. The molecule has 11 nitrogen and oxygen atoms in total. The lowest BCUT2D eigenvalue weighted by molar-refractivity contribution is -0.123. The van der Waals surface area contributed by atoms with Crippen LogP contribution in [0.5, 0.6) is 0 Å². The number of urea groups is 1. The Labute approximate surface area is 308 Å². The highest BCUT2D eigenvalue weighted by atomic mass is 32.1. The first-order valence-corrected chi connectivity index (χ1v) is 19.1. The lowest BCUT2D eigenvalue weighted by atomic mass is 9.93. The molecule has 4 N–H and O–H groups in total. The Bertz CT molecular complexity index is 1630. The second kappa shape index (κ2) is 19.9. The molecule has 2 aromatic heterocycles. The van der Waals surface area contributed by atoms with E-state index in [1.54, 1.807) is 34.9 Å². The van der Waals surface area contributed by atoms with Gasteiger partial charge in [0, 0.05) is 42.5 Å². The first kappa shape index (κ1) is 39.5. The number of nitrogens with one attached hydrogen (secondary N) is 3. The molecule has 2 aromatic carbocycles. The SMILES string of the molecule is CC(C)c1nc(CCN(C(=O)N[C@@H](C)C(=O)N[C@@H](Cc2ccccc2)C[C@H](O)[C@H](Cc2ccccc2)NC(=O)OCc2cncs2)C(C)C)cs1. The standard InChI is InChI=1S/C38H50N6O5S2/c1-25(2)36-42-30(23-50-36)16-17-44(26(3)4)37(47)40-27(5)35(46)41-31(18-28-12-8-6-9-13-28)20-34(45)33(19-29-14-10-7-11-15-29)43-38(48)49-22-32-21-39-24-51-32/h6-15,21,23-27,31,33-34,45H,16-20,22H2,1-5H3,(H,40,47)(H,41,46)(H,43,48)/t27-,31-,33-,34-/m0/s1. The van der Waals surface area contributed by atoms with Gasteiger partial charge in [0.05, 0.1) is 33.2 Å². The van der Waals surface area contributed by atoms with E-state index >= 15 is 0 Å². The van der Waals surface area contributed by atoms with Crippen LogP contribution in [0.3, 0.4) is 0 Å². The Morgan fingerprint density at radius 1 is 0.882 bits per heavy atom. The van der Waals surface area contributed by atoms with Crippen molar-refractivity contribution in [2.45, 2.75) is 103 Å². The highest BCUT2D eigenvalue weighted by molar-refractivity contribution is 7.09. The van der Waals surface area contributed by atoms with E-state index in [0.29, 0.717) is 31.7 Å². The minimum atomic E-state index is -1.04. The van der Waals surface area contributed by atoms with E-state index in [-0.39, 0.29) is 31.0 Å². The van der Waals surface area contributed by atoms with E-state index in [2.05, 4.69) is 34.8 Å². The molecule has 0 saturated heterocycles. The van der Waals surface area contributed by atoms with Gasteiger partial charge in [0.1, 0.15) is 12.6 Å². The largest absolute Gasteiger partial charge is 0.444 e. The zero-order valence-electron chi connectivity index (χ0n) is 30.0. The number of aliphatic hydroxyl groups excluding tert-OH is 1. The lowest BCUT2D eigenvalue weighted by Crippen LogP contribution is -2.54. The monoisotopic (exact) mass is 734 g/mol. The second-order valence-corrected chi connectivity index (χ2v) is 15.1. The number of alkyl carbamates (subject to hydrolysis) is 1. The molecule has 274 valence electrons. The van der Waals surface area contributed by atoms with Gasteiger partial charge in [0.25, 0.3) is 0 Å². The molecule has 0 spiro atoms. The Balaban J connectivity index is 1.42. The molecule has 4 rings (SSSR count). The van der Waals surface area contributed by atoms with E-state index in [4.69, 9.17) is 9.72 Å². The van der Waals surface area contributed by atoms with Crippen LogP contribution in [-0.2, 0) is 35.4 Å². The van der Waals surface area contributed by atoms with Crippen molar-refractivity contribution in [1.29, 1.82) is 0 Å². The van der Waals surface area contributed by atoms with Gasteiger partial charge in [-0.2, -0.15) is 0 Å². The van der Waals surface area contributed by atoms with E-state index in [1.165, 1.54) is 11.3 Å². The topological polar surface area (TPSA) is 146 Å². The zero-order valence-corrected chi connectivity index (χ0v) is 31.6. The number of rotatable bonds is 18. The summed E-state index contributed by atoms with van der Waals surface area (Å²) in [6.45, 7) is 10.3. The molecule has 2 heterocycles. The number of amides is 4. The molecule has 0 aliphatic carbocycles. The van der Waals surface area contributed by atoms with Crippen molar-refractivity contribution in [3.63, 3.8) is 0 Å². The van der Waals surface area contributed by atoms with Crippen molar-refractivity contribution in [1.82, 2.24) is 30.8 Å². The maximum absolute atomic E-state index is 13.6. The van der Waals surface area contributed by atoms with Gasteiger partial charge in [0.15, 0.2) is 0 Å². The van der Waals surface area contributed by atoms with Gasteiger partial charge in [0.2, 0.25) is 5.91 Å². The molecule has 0 fully saturated rings. The van der Waals surface area contributed by atoms with E-state index in [1.807, 2.05) is 79.9 Å². The molecule has 0 unspecified atom stereocenters. The van der Waals surface area contributed by atoms with Crippen LogP contribution >= 0.6 is 22.7 Å². The molecule has 13 heteroatoms. The van der Waals surface area contributed by atoms with Crippen molar-refractivity contribution in [3.05, 3.63) is 104 Å². The number of hydrogen-bond donors (Lipinski definition) is 4. The predicted molar refractivity (Wildman–Crippen MR) is 202 cm³/mol. The van der Waals surface area contributed by atoms with Crippen LogP contribution in [0.2, 0.25) is 0 Å². The minimum Gasteiger partial charge on any atom is -0.444 e. The van der Waals surface area contributed by atoms with E-state index in [0.717, 1.165) is 26.7 Å². The molecule has 4 atom stereocenters. The summed E-state index contributed by atoms with van der Waals surface area (Å²) in [5.41, 5.74) is 4.51. The van der Waals surface area contributed by atoms with Crippen LogP contribution in [0.4, 0.5) is 9.59 Å². The van der Waals surface area contributed by atoms with Crippen molar-refractivity contribution in [3.8, 4) is 0 Å². The van der Waals surface area contributed by atoms with Gasteiger partial charge >= 0.3 is 12.1 Å². The van der Waals surface area contributed by atoms with Gasteiger partial charge in [-0.1, -0.05) is 74.5 Å². The quantitative estimate of drug-likeness (QED) is 0.0968. The molecule has 4 aromatic rings. The van der Waals surface area contributed by atoms with Crippen LogP contribution in [0.15, 0.2) is 77.8 Å². The van der Waals surface area contributed by atoms with Gasteiger partial charge < -0.3 is 30.7 Å². The molecule has 51 heavy (non-hydrogen) atoms. The maximum Gasteiger partial charge on any atom is 0.407 e. The first-order chi connectivity index (χ1) is 24.5. The normalized spacial score (nSPS) is 13.6. The van der Waals surface area contributed by atoms with E-state index < -0.39 is 30.3 Å². The number of hydrogen-bond acceptors (Lipinski definition) is 9. The molecular weight excluding hydrogens is 685 g/mol. The fraction of sp³-hybridized carbons (Fsp3) is 0.447. The lowest BCUT2D eigenvalue weighted by Gasteiger charge is -2.30. The van der Waals surface area contributed by atoms with Crippen LogP contribution < -0.4 is 16.0 Å². The average molecular weight is 735 g/mol. The number of thiazole rings is 2. The minimum absolute atomic E-state index is 0.0686. The summed E-state index contributed by atoms with van der Waals surface area (Å²) < 4.78 is 5.42. The van der Waals surface area contributed by atoms with Crippen molar-refractivity contribution in [2.75, 3.05) is 6.54 Å². The number of benzene rings is 2. The first-order valence-electron chi connectivity index (χ1n) is 17.4. The summed E-state index contributed by atoms with van der Waals surface area (Å²) in [5, 5.41) is 23.5. The number of carbonyl (C=O) groups excluding carboxylic acids is 3. The summed E-state index contributed by atoms with van der Waals surface area (Å²) in [6.07, 6.45) is 1.47.